The van der Waals surface area contributed by atoms with Crippen molar-refractivity contribution in [1.82, 2.24) is 0 Å². The number of hydrogen-bond donors (Lipinski definition) is 1. The Balaban J connectivity index is 2.45. The molecule has 0 spiro atoms. The minimum atomic E-state index is -4.76. The smallest absolute Gasteiger partial charge is 0.278 e. The summed E-state index contributed by atoms with van der Waals surface area (Å²) in [7, 11) is -4.23. The van der Waals surface area contributed by atoms with Crippen molar-refractivity contribution in [2.24, 2.45) is 0 Å². The Labute approximate surface area is 134 Å². The molecule has 0 unspecified atom stereocenters. The molecule has 118 valence electrons. The average molecular weight is 370 g/mol. The summed E-state index contributed by atoms with van der Waals surface area (Å²) in [6.45, 7) is 0. The van der Waals surface area contributed by atoms with Gasteiger partial charge in [0.2, 0.25) is 0 Å². The lowest BCUT2D eigenvalue weighted by atomic mass is 10.2. The zero-order chi connectivity index (χ0) is 16.5. The quantitative estimate of drug-likeness (QED) is 0.843. The van der Waals surface area contributed by atoms with Gasteiger partial charge in [0, 0.05) is 0 Å². The zero-order valence-corrected chi connectivity index (χ0v) is 13.0. The average Bonchev–Trinajstić information content (AvgIpc) is 2.40. The number of para-hydroxylation sites is 1. The zero-order valence-electron chi connectivity index (χ0n) is 10.7. The van der Waals surface area contributed by atoms with E-state index in [1.165, 1.54) is 18.2 Å². The summed E-state index contributed by atoms with van der Waals surface area (Å²) in [5.41, 5.74) is -1.16. The van der Waals surface area contributed by atoms with Crippen LogP contribution in [0.5, 0.6) is 0 Å². The van der Waals surface area contributed by atoms with Gasteiger partial charge in [-0.2, -0.15) is 13.2 Å². The van der Waals surface area contributed by atoms with Gasteiger partial charge in [0.1, 0.15) is 0 Å². The second-order valence-electron chi connectivity index (χ2n) is 4.22. The van der Waals surface area contributed by atoms with Crippen LogP contribution in [0.1, 0.15) is 5.56 Å². The number of sulfonamides is 1. The molecule has 0 atom stereocenters. The molecule has 0 heterocycles. The van der Waals surface area contributed by atoms with Crippen molar-refractivity contribution in [2.45, 2.75) is 11.1 Å². The number of halogens is 5. The van der Waals surface area contributed by atoms with Crippen LogP contribution in [0.4, 0.5) is 18.9 Å². The molecule has 0 aromatic heterocycles. The van der Waals surface area contributed by atoms with E-state index >= 15 is 0 Å². The summed E-state index contributed by atoms with van der Waals surface area (Å²) in [6.07, 6.45) is -4.76. The van der Waals surface area contributed by atoms with E-state index in [9.17, 15) is 21.6 Å². The topological polar surface area (TPSA) is 46.2 Å². The van der Waals surface area contributed by atoms with E-state index in [1.807, 2.05) is 0 Å². The summed E-state index contributed by atoms with van der Waals surface area (Å²) < 4.78 is 64.8. The number of alkyl halides is 3. The number of hydrogen-bond acceptors (Lipinski definition) is 2. The van der Waals surface area contributed by atoms with Crippen LogP contribution >= 0.6 is 23.2 Å². The highest BCUT2D eigenvalue weighted by Crippen LogP contribution is 2.36. The lowest BCUT2D eigenvalue weighted by molar-refractivity contribution is -0.137. The molecule has 0 saturated carbocycles. The standard InChI is InChI=1S/C13H8Cl2F3NO2S/c14-10-6-5-8(7-9(10)13(16,17)18)22(20,21)19-12-4-2-1-3-11(12)15/h1-7,19H. The minimum Gasteiger partial charge on any atom is -0.278 e. The molecule has 9 heteroatoms. The third kappa shape index (κ3) is 3.66. The van der Waals surface area contributed by atoms with Gasteiger partial charge in [-0.15, -0.1) is 0 Å². The fraction of sp³-hybridized carbons (Fsp3) is 0.0769. The first kappa shape index (κ1) is 16.9. The predicted octanol–water partition coefficient (Wildman–Crippen LogP) is 4.81. The first-order valence-electron chi connectivity index (χ1n) is 5.75. The van der Waals surface area contributed by atoms with Gasteiger partial charge >= 0.3 is 6.18 Å². The molecule has 2 aromatic rings. The highest BCUT2D eigenvalue weighted by atomic mass is 35.5. The van der Waals surface area contributed by atoms with Crippen molar-refractivity contribution in [2.75, 3.05) is 4.72 Å². The van der Waals surface area contributed by atoms with Crippen molar-refractivity contribution < 1.29 is 21.6 Å². The number of anilines is 1. The van der Waals surface area contributed by atoms with Crippen LogP contribution in [0.2, 0.25) is 10.0 Å². The molecule has 0 amide bonds. The summed E-state index contributed by atoms with van der Waals surface area (Å²) >= 11 is 11.3. The van der Waals surface area contributed by atoms with Crippen molar-refractivity contribution >= 4 is 38.9 Å². The summed E-state index contributed by atoms with van der Waals surface area (Å²) in [6, 6.07) is 8.30. The van der Waals surface area contributed by atoms with Crippen molar-refractivity contribution in [3.63, 3.8) is 0 Å². The maximum Gasteiger partial charge on any atom is 0.417 e. The van der Waals surface area contributed by atoms with Gasteiger partial charge in [-0.1, -0.05) is 35.3 Å². The molecule has 3 nitrogen and oxygen atoms in total. The van der Waals surface area contributed by atoms with E-state index in [2.05, 4.69) is 4.72 Å². The monoisotopic (exact) mass is 369 g/mol. The summed E-state index contributed by atoms with van der Waals surface area (Å²) in [5, 5.41) is -0.458. The Kier molecular flexibility index (Phi) is 4.60. The summed E-state index contributed by atoms with van der Waals surface area (Å²) in [5.74, 6) is 0. The van der Waals surface area contributed by atoms with E-state index in [4.69, 9.17) is 23.2 Å². The van der Waals surface area contributed by atoms with Crippen LogP contribution in [-0.4, -0.2) is 8.42 Å². The molecule has 2 aromatic carbocycles. The van der Waals surface area contributed by atoms with E-state index in [1.54, 1.807) is 6.07 Å². The van der Waals surface area contributed by atoms with Gasteiger partial charge in [-0.3, -0.25) is 4.72 Å². The van der Waals surface area contributed by atoms with Gasteiger partial charge in [0.25, 0.3) is 10.0 Å². The second kappa shape index (κ2) is 5.98. The SMILES string of the molecule is O=S(=O)(Nc1ccccc1Cl)c1ccc(Cl)c(C(F)(F)F)c1. The third-order valence-electron chi connectivity index (χ3n) is 2.67. The van der Waals surface area contributed by atoms with Gasteiger partial charge in [0.15, 0.2) is 0 Å². The Morgan fingerprint density at radius 3 is 2.18 bits per heavy atom. The van der Waals surface area contributed by atoms with Gasteiger partial charge in [0.05, 0.1) is 26.2 Å². The molecule has 0 saturated heterocycles. The van der Waals surface area contributed by atoms with Crippen LogP contribution < -0.4 is 4.72 Å². The molecule has 0 aliphatic rings. The summed E-state index contributed by atoms with van der Waals surface area (Å²) in [4.78, 5) is -0.566. The normalized spacial score (nSPS) is 12.2. The molecule has 0 aliphatic carbocycles. The van der Waals surface area contributed by atoms with Crippen molar-refractivity contribution in [3.8, 4) is 0 Å². The highest BCUT2D eigenvalue weighted by Gasteiger charge is 2.34. The Hall–Kier alpha value is -1.44. The van der Waals surface area contributed by atoms with Crippen LogP contribution in [0.15, 0.2) is 47.4 Å². The fourth-order valence-electron chi connectivity index (χ4n) is 1.64. The Morgan fingerprint density at radius 2 is 1.59 bits per heavy atom. The third-order valence-corrected chi connectivity index (χ3v) is 4.69. The van der Waals surface area contributed by atoms with E-state index in [0.717, 1.165) is 12.1 Å². The van der Waals surface area contributed by atoms with E-state index in [0.29, 0.717) is 6.07 Å². The molecule has 0 fully saturated rings. The van der Waals surface area contributed by atoms with E-state index < -0.39 is 31.7 Å². The number of rotatable bonds is 3. The lowest BCUT2D eigenvalue weighted by Crippen LogP contribution is -2.15. The molecule has 0 radical (unpaired) electrons. The Bertz CT molecular complexity index is 807. The molecule has 1 N–H and O–H groups in total. The van der Waals surface area contributed by atoms with E-state index in [-0.39, 0.29) is 10.7 Å². The highest BCUT2D eigenvalue weighted by molar-refractivity contribution is 7.92. The minimum absolute atomic E-state index is 0.0627. The maximum atomic E-state index is 12.8. The maximum absolute atomic E-state index is 12.8. The fourth-order valence-corrected chi connectivity index (χ4v) is 3.21. The molecule has 2 rings (SSSR count). The lowest BCUT2D eigenvalue weighted by Gasteiger charge is -2.13. The van der Waals surface area contributed by atoms with Crippen LogP contribution in [0.25, 0.3) is 0 Å². The van der Waals surface area contributed by atoms with Gasteiger partial charge in [-0.25, -0.2) is 8.42 Å². The molecule has 22 heavy (non-hydrogen) atoms. The first-order valence-corrected chi connectivity index (χ1v) is 7.99. The number of benzene rings is 2. The van der Waals surface area contributed by atoms with Gasteiger partial charge in [-0.05, 0) is 30.3 Å². The Morgan fingerprint density at radius 1 is 0.955 bits per heavy atom. The molecular formula is C13H8Cl2F3NO2S. The van der Waals surface area contributed by atoms with Gasteiger partial charge < -0.3 is 0 Å². The van der Waals surface area contributed by atoms with Crippen molar-refractivity contribution in [1.29, 1.82) is 0 Å². The van der Waals surface area contributed by atoms with Crippen LogP contribution in [-0.2, 0) is 16.2 Å². The molecular weight excluding hydrogens is 362 g/mol. The molecule has 0 aliphatic heterocycles. The van der Waals surface area contributed by atoms with Crippen LogP contribution in [0.3, 0.4) is 0 Å². The van der Waals surface area contributed by atoms with Crippen molar-refractivity contribution in [3.05, 3.63) is 58.1 Å². The second-order valence-corrected chi connectivity index (χ2v) is 6.72. The largest absolute Gasteiger partial charge is 0.417 e. The first-order chi connectivity index (χ1) is 10.1. The molecule has 0 bridgehead atoms. The van der Waals surface area contributed by atoms with Crippen LogP contribution in [0, 0.1) is 0 Å². The predicted molar refractivity (Wildman–Crippen MR) is 78.7 cm³/mol. The number of nitrogens with one attached hydrogen (secondary N) is 1.